The van der Waals surface area contributed by atoms with Gasteiger partial charge in [0, 0.05) is 13.2 Å². The summed E-state index contributed by atoms with van der Waals surface area (Å²) in [4.78, 5) is 12.3. The predicted octanol–water partition coefficient (Wildman–Crippen LogP) is 0.453. The number of carbonyl (C=O) groups excluding carboxylic acids is 1. The lowest BCUT2D eigenvalue weighted by atomic mass is 10.1. The Hall–Kier alpha value is -3.03. The highest BCUT2D eigenvalue weighted by atomic mass is 16.2. The molecule has 0 aliphatic heterocycles. The summed E-state index contributed by atoms with van der Waals surface area (Å²) in [5, 5.41) is 20.8. The molecule has 0 fully saturated rings. The van der Waals surface area contributed by atoms with Gasteiger partial charge in [-0.15, -0.1) is 10.2 Å². The molecular weight excluding hydrogens is 270 g/mol. The summed E-state index contributed by atoms with van der Waals surface area (Å²) in [5.74, 6) is 0.144. The van der Waals surface area contributed by atoms with Gasteiger partial charge in [0.15, 0.2) is 0 Å². The second-order valence-corrected chi connectivity index (χ2v) is 4.43. The van der Waals surface area contributed by atoms with Crippen molar-refractivity contribution in [1.29, 1.82) is 0 Å². The van der Waals surface area contributed by atoms with Crippen molar-refractivity contribution in [3.8, 4) is 0 Å². The van der Waals surface area contributed by atoms with Crippen molar-refractivity contribution in [3.63, 3.8) is 0 Å². The fourth-order valence-corrected chi connectivity index (χ4v) is 2.04. The zero-order chi connectivity index (χ0) is 14.7. The van der Waals surface area contributed by atoms with Gasteiger partial charge in [0.2, 0.25) is 5.82 Å². The van der Waals surface area contributed by atoms with Crippen LogP contribution in [0.25, 0.3) is 0 Å². The largest absolute Gasteiger partial charge is 0.336 e. The van der Waals surface area contributed by atoms with Crippen molar-refractivity contribution in [2.24, 2.45) is 7.05 Å². The predicted molar refractivity (Wildman–Crippen MR) is 73.1 cm³/mol. The van der Waals surface area contributed by atoms with Crippen LogP contribution in [-0.4, -0.2) is 36.3 Å². The van der Waals surface area contributed by atoms with E-state index in [2.05, 4.69) is 31.0 Å². The van der Waals surface area contributed by atoms with Crippen LogP contribution in [0.3, 0.4) is 0 Å². The SMILES string of the molecule is Cn1nccc1C(=O)N[C@@H](c1ccccc1)c1nn[nH]n1. The first kappa shape index (κ1) is 13.0. The van der Waals surface area contributed by atoms with Crippen LogP contribution in [0.4, 0.5) is 0 Å². The fraction of sp³-hybridized carbons (Fsp3) is 0.154. The van der Waals surface area contributed by atoms with Gasteiger partial charge < -0.3 is 5.32 Å². The molecule has 3 aromatic rings. The number of H-pyrrole nitrogens is 1. The minimum absolute atomic E-state index is 0.256. The van der Waals surface area contributed by atoms with Crippen LogP contribution in [0.2, 0.25) is 0 Å². The number of nitrogens with one attached hydrogen (secondary N) is 2. The second kappa shape index (κ2) is 5.53. The number of aromatic amines is 1. The smallest absolute Gasteiger partial charge is 0.270 e. The standard InChI is InChI=1S/C13H13N7O/c1-20-10(7-8-14-20)13(21)15-11(12-16-18-19-17-12)9-5-3-2-4-6-9/h2-8,11H,1H3,(H,15,21)(H,16,17,18,19)/t11-/m0/s1. The van der Waals surface area contributed by atoms with Gasteiger partial charge in [-0.2, -0.15) is 10.3 Å². The van der Waals surface area contributed by atoms with Crippen LogP contribution in [0.1, 0.15) is 27.9 Å². The summed E-state index contributed by atoms with van der Waals surface area (Å²) in [6, 6.07) is 10.6. The number of carbonyl (C=O) groups is 1. The van der Waals surface area contributed by atoms with Crippen LogP contribution in [0.5, 0.6) is 0 Å². The monoisotopic (exact) mass is 283 g/mol. The number of nitrogens with zero attached hydrogens (tertiary/aromatic N) is 5. The molecular formula is C13H13N7O. The lowest BCUT2D eigenvalue weighted by molar-refractivity contribution is 0.0932. The molecule has 8 nitrogen and oxygen atoms in total. The van der Waals surface area contributed by atoms with E-state index in [0.717, 1.165) is 5.56 Å². The van der Waals surface area contributed by atoms with E-state index in [1.807, 2.05) is 30.3 Å². The molecule has 0 bridgehead atoms. The summed E-state index contributed by atoms with van der Waals surface area (Å²) in [7, 11) is 1.71. The van der Waals surface area contributed by atoms with Crippen molar-refractivity contribution >= 4 is 5.91 Å². The van der Waals surface area contributed by atoms with Gasteiger partial charge in [-0.1, -0.05) is 35.5 Å². The molecule has 1 atom stereocenters. The van der Waals surface area contributed by atoms with Gasteiger partial charge in [-0.3, -0.25) is 9.48 Å². The number of aryl methyl sites for hydroxylation is 1. The number of rotatable bonds is 4. The molecule has 0 saturated carbocycles. The van der Waals surface area contributed by atoms with Crippen molar-refractivity contribution in [2.75, 3.05) is 0 Å². The van der Waals surface area contributed by atoms with E-state index in [0.29, 0.717) is 11.5 Å². The summed E-state index contributed by atoms with van der Waals surface area (Å²) in [6.45, 7) is 0. The molecule has 2 heterocycles. The third-order valence-electron chi connectivity index (χ3n) is 3.08. The molecule has 1 amide bonds. The van der Waals surface area contributed by atoms with Gasteiger partial charge in [-0.25, -0.2) is 0 Å². The Labute approximate surface area is 120 Å². The zero-order valence-corrected chi connectivity index (χ0v) is 11.3. The van der Waals surface area contributed by atoms with Gasteiger partial charge in [0.1, 0.15) is 11.7 Å². The molecule has 0 aliphatic rings. The third-order valence-corrected chi connectivity index (χ3v) is 3.08. The molecule has 21 heavy (non-hydrogen) atoms. The Kier molecular flexibility index (Phi) is 3.42. The molecule has 106 valence electrons. The number of benzene rings is 1. The maximum Gasteiger partial charge on any atom is 0.270 e. The lowest BCUT2D eigenvalue weighted by Gasteiger charge is -2.15. The highest BCUT2D eigenvalue weighted by Crippen LogP contribution is 2.18. The number of tetrazole rings is 1. The normalized spacial score (nSPS) is 12.0. The summed E-state index contributed by atoms with van der Waals surface area (Å²) in [6.07, 6.45) is 1.57. The average molecular weight is 283 g/mol. The van der Waals surface area contributed by atoms with E-state index in [4.69, 9.17) is 0 Å². The summed E-state index contributed by atoms with van der Waals surface area (Å²) in [5.41, 5.74) is 1.33. The van der Waals surface area contributed by atoms with Crippen molar-refractivity contribution < 1.29 is 4.79 Å². The molecule has 0 radical (unpaired) electrons. The van der Waals surface area contributed by atoms with Crippen molar-refractivity contribution in [3.05, 3.63) is 59.7 Å². The average Bonchev–Trinajstić information content (AvgIpc) is 3.17. The molecule has 8 heteroatoms. The zero-order valence-electron chi connectivity index (χ0n) is 11.3. The van der Waals surface area contributed by atoms with E-state index >= 15 is 0 Å². The molecule has 3 rings (SSSR count). The van der Waals surface area contributed by atoms with Gasteiger partial charge >= 0.3 is 0 Å². The molecule has 0 saturated heterocycles. The maximum atomic E-state index is 12.3. The Morgan fingerprint density at radius 2 is 2.10 bits per heavy atom. The molecule has 2 aromatic heterocycles. The van der Waals surface area contributed by atoms with Crippen LogP contribution < -0.4 is 5.32 Å². The van der Waals surface area contributed by atoms with E-state index in [1.165, 1.54) is 4.68 Å². The minimum atomic E-state index is -0.479. The number of hydrogen-bond donors (Lipinski definition) is 2. The van der Waals surface area contributed by atoms with E-state index < -0.39 is 6.04 Å². The van der Waals surface area contributed by atoms with E-state index in [1.54, 1.807) is 19.3 Å². The third kappa shape index (κ3) is 2.64. The number of hydrogen-bond acceptors (Lipinski definition) is 5. The number of amides is 1. The highest BCUT2D eigenvalue weighted by Gasteiger charge is 2.22. The minimum Gasteiger partial charge on any atom is -0.336 e. The first-order chi connectivity index (χ1) is 10.3. The van der Waals surface area contributed by atoms with Crippen molar-refractivity contribution in [1.82, 2.24) is 35.7 Å². The summed E-state index contributed by atoms with van der Waals surface area (Å²) >= 11 is 0. The Morgan fingerprint density at radius 1 is 1.29 bits per heavy atom. The van der Waals surface area contributed by atoms with Crippen LogP contribution in [-0.2, 0) is 7.05 Å². The van der Waals surface area contributed by atoms with E-state index in [9.17, 15) is 4.79 Å². The maximum absolute atomic E-state index is 12.3. The number of aromatic nitrogens is 6. The lowest BCUT2D eigenvalue weighted by Crippen LogP contribution is -2.31. The van der Waals surface area contributed by atoms with E-state index in [-0.39, 0.29) is 5.91 Å². The Balaban J connectivity index is 1.91. The Morgan fingerprint density at radius 3 is 2.71 bits per heavy atom. The summed E-state index contributed by atoms with van der Waals surface area (Å²) < 4.78 is 1.51. The highest BCUT2D eigenvalue weighted by molar-refractivity contribution is 5.92. The van der Waals surface area contributed by atoms with Gasteiger partial charge in [0.25, 0.3) is 5.91 Å². The molecule has 1 aromatic carbocycles. The molecule has 0 unspecified atom stereocenters. The quantitative estimate of drug-likeness (QED) is 0.724. The second-order valence-electron chi connectivity index (χ2n) is 4.43. The van der Waals surface area contributed by atoms with Crippen molar-refractivity contribution in [2.45, 2.75) is 6.04 Å². The van der Waals surface area contributed by atoms with Crippen LogP contribution >= 0.6 is 0 Å². The molecule has 2 N–H and O–H groups in total. The molecule has 0 spiro atoms. The van der Waals surface area contributed by atoms with Crippen LogP contribution in [0.15, 0.2) is 42.6 Å². The first-order valence-corrected chi connectivity index (χ1v) is 6.33. The Bertz CT molecular complexity index is 720. The van der Waals surface area contributed by atoms with Crippen LogP contribution in [0, 0.1) is 0 Å². The van der Waals surface area contributed by atoms with Gasteiger partial charge in [-0.05, 0) is 11.6 Å². The topological polar surface area (TPSA) is 101 Å². The fourth-order valence-electron chi connectivity index (χ4n) is 2.04. The van der Waals surface area contributed by atoms with Gasteiger partial charge in [0.05, 0.1) is 0 Å². The first-order valence-electron chi connectivity index (χ1n) is 6.33. The molecule has 0 aliphatic carbocycles.